The van der Waals surface area contributed by atoms with Crippen molar-refractivity contribution < 1.29 is 0 Å². The van der Waals surface area contributed by atoms with Crippen LogP contribution in [0.15, 0.2) is 40.5 Å². The van der Waals surface area contributed by atoms with E-state index in [1.165, 1.54) is 11.3 Å². The first kappa shape index (κ1) is 14.5. The van der Waals surface area contributed by atoms with Crippen LogP contribution in [0.5, 0.6) is 0 Å². The van der Waals surface area contributed by atoms with Gasteiger partial charge in [-0.2, -0.15) is 0 Å². The average molecular weight is 312 g/mol. The molecule has 0 aliphatic carbocycles. The van der Waals surface area contributed by atoms with Crippen molar-refractivity contribution in [2.75, 3.05) is 5.32 Å². The lowest BCUT2D eigenvalue weighted by Gasteiger charge is -2.05. The van der Waals surface area contributed by atoms with Gasteiger partial charge >= 0.3 is 0 Å². The second-order valence-electron chi connectivity index (χ2n) is 4.86. The molecule has 0 atom stereocenters. The molecule has 1 aromatic carbocycles. The quantitative estimate of drug-likeness (QED) is 0.773. The van der Waals surface area contributed by atoms with Crippen molar-refractivity contribution in [3.05, 3.63) is 57.3 Å². The Morgan fingerprint density at radius 1 is 1.23 bits per heavy atom. The Kier molecular flexibility index (Phi) is 4.02. The molecular formula is C16H16N4OS. The van der Waals surface area contributed by atoms with E-state index in [1.807, 2.05) is 49.6 Å². The van der Waals surface area contributed by atoms with E-state index in [0.717, 1.165) is 22.5 Å². The van der Waals surface area contributed by atoms with E-state index < -0.39 is 0 Å². The van der Waals surface area contributed by atoms with Crippen LogP contribution in [-0.2, 0) is 6.42 Å². The summed E-state index contributed by atoms with van der Waals surface area (Å²) in [5.41, 5.74) is 3.32. The van der Waals surface area contributed by atoms with Gasteiger partial charge in [-0.15, -0.1) is 11.3 Å². The van der Waals surface area contributed by atoms with Gasteiger partial charge in [-0.05, 0) is 13.3 Å². The molecule has 6 heteroatoms. The molecule has 0 bridgehead atoms. The number of rotatable bonds is 4. The Bertz CT molecular complexity index is 839. The Balaban J connectivity index is 1.86. The van der Waals surface area contributed by atoms with Crippen molar-refractivity contribution in [3.63, 3.8) is 0 Å². The zero-order chi connectivity index (χ0) is 15.5. The van der Waals surface area contributed by atoms with Gasteiger partial charge < -0.3 is 5.32 Å². The smallest absolute Gasteiger partial charge is 0.255 e. The van der Waals surface area contributed by atoms with E-state index >= 15 is 0 Å². The summed E-state index contributed by atoms with van der Waals surface area (Å²) < 4.78 is 0. The van der Waals surface area contributed by atoms with Crippen molar-refractivity contribution in [1.82, 2.24) is 15.0 Å². The number of aryl methyl sites for hydroxylation is 1. The number of hydrogen-bond acceptors (Lipinski definition) is 5. The summed E-state index contributed by atoms with van der Waals surface area (Å²) in [6.07, 6.45) is 0.670. The second-order valence-corrected chi connectivity index (χ2v) is 5.72. The maximum absolute atomic E-state index is 12.0. The van der Waals surface area contributed by atoms with E-state index in [9.17, 15) is 4.79 Å². The fourth-order valence-corrected chi connectivity index (χ4v) is 2.98. The Morgan fingerprint density at radius 2 is 2.00 bits per heavy atom. The predicted molar refractivity (Wildman–Crippen MR) is 89.8 cm³/mol. The third kappa shape index (κ3) is 2.92. The number of thiazole rings is 1. The lowest BCUT2D eigenvalue weighted by molar-refractivity contribution is 0.966. The van der Waals surface area contributed by atoms with Crippen LogP contribution in [-0.4, -0.2) is 15.0 Å². The molecule has 0 amide bonds. The Morgan fingerprint density at radius 3 is 2.68 bits per heavy atom. The van der Waals surface area contributed by atoms with Crippen molar-refractivity contribution in [2.45, 2.75) is 20.3 Å². The number of aromatic nitrogens is 3. The molecule has 22 heavy (non-hydrogen) atoms. The van der Waals surface area contributed by atoms with Gasteiger partial charge in [0.1, 0.15) is 0 Å². The van der Waals surface area contributed by atoms with E-state index in [-0.39, 0.29) is 5.56 Å². The van der Waals surface area contributed by atoms with E-state index in [0.29, 0.717) is 17.5 Å². The van der Waals surface area contributed by atoms with Gasteiger partial charge in [0.2, 0.25) is 5.95 Å². The zero-order valence-corrected chi connectivity index (χ0v) is 13.2. The highest BCUT2D eigenvalue weighted by molar-refractivity contribution is 7.14. The molecular weight excluding hydrogens is 296 g/mol. The number of aromatic amines is 1. The maximum Gasteiger partial charge on any atom is 0.255 e. The van der Waals surface area contributed by atoms with Crippen molar-refractivity contribution in [2.24, 2.45) is 0 Å². The highest BCUT2D eigenvalue weighted by atomic mass is 32.1. The molecule has 0 saturated heterocycles. The first-order valence-corrected chi connectivity index (χ1v) is 7.93. The van der Waals surface area contributed by atoms with Crippen LogP contribution in [0.4, 0.5) is 11.1 Å². The summed E-state index contributed by atoms with van der Waals surface area (Å²) in [5, 5.41) is 5.74. The molecule has 0 unspecified atom stereocenters. The first-order valence-electron chi connectivity index (χ1n) is 7.05. The number of nitrogens with zero attached hydrogens (tertiary/aromatic N) is 2. The summed E-state index contributed by atoms with van der Waals surface area (Å²) in [6.45, 7) is 3.79. The number of anilines is 2. The van der Waals surface area contributed by atoms with Crippen LogP contribution in [0.1, 0.15) is 18.2 Å². The van der Waals surface area contributed by atoms with E-state index in [4.69, 9.17) is 0 Å². The van der Waals surface area contributed by atoms with Gasteiger partial charge in [0, 0.05) is 22.2 Å². The van der Waals surface area contributed by atoms with Crippen LogP contribution >= 0.6 is 11.3 Å². The minimum absolute atomic E-state index is 0.0997. The fraction of sp³-hybridized carbons (Fsp3) is 0.188. The van der Waals surface area contributed by atoms with Gasteiger partial charge in [-0.25, -0.2) is 9.97 Å². The van der Waals surface area contributed by atoms with Crippen LogP contribution in [0.3, 0.4) is 0 Å². The third-order valence-corrected chi connectivity index (χ3v) is 4.13. The molecule has 3 aromatic rings. The molecule has 0 aliphatic rings. The normalized spacial score (nSPS) is 10.6. The average Bonchev–Trinajstić information content (AvgIpc) is 2.96. The molecule has 2 heterocycles. The minimum Gasteiger partial charge on any atom is -0.302 e. The molecule has 0 saturated carbocycles. The summed E-state index contributed by atoms with van der Waals surface area (Å²) in [6, 6.07) is 9.96. The standard InChI is InChI=1S/C16H16N4OS/c1-3-12-10(2)17-15(19-14(12)21)20-16-18-13(9-22-16)11-7-5-4-6-8-11/h4-9H,3H2,1-2H3,(H2,17,18,19,20,21). The Hall–Kier alpha value is -2.47. The predicted octanol–water partition coefficient (Wildman–Crippen LogP) is 3.51. The SMILES string of the molecule is CCc1c(C)nc(Nc2nc(-c3ccccc3)cs2)[nH]c1=O. The summed E-state index contributed by atoms with van der Waals surface area (Å²) in [4.78, 5) is 23.6. The molecule has 3 rings (SSSR count). The molecule has 0 radical (unpaired) electrons. The number of benzene rings is 1. The number of nitrogens with one attached hydrogen (secondary N) is 2. The Labute approximate surface area is 132 Å². The molecule has 112 valence electrons. The third-order valence-electron chi connectivity index (χ3n) is 3.37. The second kappa shape index (κ2) is 6.11. The van der Waals surface area contributed by atoms with Gasteiger partial charge in [-0.1, -0.05) is 37.3 Å². The molecule has 2 N–H and O–H groups in total. The van der Waals surface area contributed by atoms with Gasteiger partial charge in [0.15, 0.2) is 5.13 Å². The van der Waals surface area contributed by atoms with Crippen LogP contribution in [0, 0.1) is 6.92 Å². The molecule has 0 fully saturated rings. The van der Waals surface area contributed by atoms with Gasteiger partial charge in [0.25, 0.3) is 5.56 Å². The summed E-state index contributed by atoms with van der Waals surface area (Å²) in [7, 11) is 0. The minimum atomic E-state index is -0.0997. The summed E-state index contributed by atoms with van der Waals surface area (Å²) >= 11 is 1.48. The first-order chi connectivity index (χ1) is 10.7. The van der Waals surface area contributed by atoms with Gasteiger partial charge in [0.05, 0.1) is 5.69 Å². The molecule has 2 aromatic heterocycles. The van der Waals surface area contributed by atoms with Crippen molar-refractivity contribution in [1.29, 1.82) is 0 Å². The fourth-order valence-electron chi connectivity index (χ4n) is 2.26. The molecule has 0 spiro atoms. The van der Waals surface area contributed by atoms with Crippen molar-refractivity contribution in [3.8, 4) is 11.3 Å². The number of H-pyrrole nitrogens is 1. The van der Waals surface area contributed by atoms with Crippen LogP contribution < -0.4 is 10.9 Å². The topological polar surface area (TPSA) is 70.7 Å². The van der Waals surface area contributed by atoms with Crippen molar-refractivity contribution >= 4 is 22.4 Å². The molecule has 0 aliphatic heterocycles. The van der Waals surface area contributed by atoms with E-state index in [1.54, 1.807) is 0 Å². The lowest BCUT2D eigenvalue weighted by Crippen LogP contribution is -2.17. The van der Waals surface area contributed by atoms with Crippen LogP contribution in [0.2, 0.25) is 0 Å². The molecule has 5 nitrogen and oxygen atoms in total. The monoisotopic (exact) mass is 312 g/mol. The van der Waals surface area contributed by atoms with Gasteiger partial charge in [-0.3, -0.25) is 9.78 Å². The van der Waals surface area contributed by atoms with E-state index in [2.05, 4.69) is 20.3 Å². The zero-order valence-electron chi connectivity index (χ0n) is 12.4. The summed E-state index contributed by atoms with van der Waals surface area (Å²) in [5.74, 6) is 0.425. The highest BCUT2D eigenvalue weighted by Crippen LogP contribution is 2.25. The maximum atomic E-state index is 12.0. The lowest BCUT2D eigenvalue weighted by atomic mass is 10.2. The largest absolute Gasteiger partial charge is 0.302 e. The highest BCUT2D eigenvalue weighted by Gasteiger charge is 2.09. The number of hydrogen-bond donors (Lipinski definition) is 2. The van der Waals surface area contributed by atoms with Crippen LogP contribution in [0.25, 0.3) is 11.3 Å².